The number of nitrogens with zero attached hydrogens (tertiary/aromatic N) is 4. The highest BCUT2D eigenvalue weighted by Gasteiger charge is 2.32. The third-order valence-electron chi connectivity index (χ3n) is 3.95. The number of carbonyl (C=O) groups excluding carboxylic acids is 1. The van der Waals surface area contributed by atoms with E-state index < -0.39 is 0 Å². The second kappa shape index (κ2) is 5.43. The van der Waals surface area contributed by atoms with Gasteiger partial charge in [-0.05, 0) is 32.4 Å². The number of likely N-dealkylation sites (tertiary alicyclic amines) is 2. The van der Waals surface area contributed by atoms with E-state index in [-0.39, 0.29) is 5.91 Å². The number of halogens is 1. The Morgan fingerprint density at radius 2 is 2.00 bits per heavy atom. The van der Waals surface area contributed by atoms with Gasteiger partial charge in [0.25, 0.3) is 5.91 Å². The molecule has 1 aromatic rings. The van der Waals surface area contributed by atoms with E-state index >= 15 is 0 Å². The highest BCUT2D eigenvalue weighted by Crippen LogP contribution is 2.21. The van der Waals surface area contributed by atoms with E-state index in [1.807, 2.05) is 4.90 Å². The van der Waals surface area contributed by atoms with Crippen LogP contribution >= 0.6 is 11.6 Å². The van der Waals surface area contributed by atoms with Gasteiger partial charge in [-0.15, -0.1) is 0 Å². The second-order valence-corrected chi connectivity index (χ2v) is 5.55. The zero-order valence-electron chi connectivity index (χ0n) is 10.8. The Bertz CT molecular complexity index is 458. The minimum atomic E-state index is -0.0362. The molecule has 0 bridgehead atoms. The third-order valence-corrected chi connectivity index (χ3v) is 4.14. The van der Waals surface area contributed by atoms with E-state index in [1.165, 1.54) is 38.3 Å². The summed E-state index contributed by atoms with van der Waals surface area (Å²) in [4.78, 5) is 24.6. The summed E-state index contributed by atoms with van der Waals surface area (Å²) in [5.41, 5.74) is 0.381. The molecule has 1 aromatic heterocycles. The lowest BCUT2D eigenvalue weighted by molar-refractivity contribution is 0.0774. The molecular weight excluding hydrogens is 264 g/mol. The molecule has 0 aliphatic carbocycles. The quantitative estimate of drug-likeness (QED) is 0.823. The van der Waals surface area contributed by atoms with Gasteiger partial charge in [-0.1, -0.05) is 11.6 Å². The van der Waals surface area contributed by atoms with Gasteiger partial charge in [-0.25, -0.2) is 9.97 Å². The number of rotatable bonds is 2. The van der Waals surface area contributed by atoms with Crippen molar-refractivity contribution in [1.29, 1.82) is 0 Å². The topological polar surface area (TPSA) is 49.3 Å². The van der Waals surface area contributed by atoms with Crippen LogP contribution in [0.3, 0.4) is 0 Å². The van der Waals surface area contributed by atoms with Gasteiger partial charge in [0.15, 0.2) is 0 Å². The van der Waals surface area contributed by atoms with Gasteiger partial charge in [-0.2, -0.15) is 0 Å². The van der Waals surface area contributed by atoms with Crippen molar-refractivity contribution in [1.82, 2.24) is 19.8 Å². The molecule has 5 nitrogen and oxygen atoms in total. The van der Waals surface area contributed by atoms with Crippen molar-refractivity contribution in [3.05, 3.63) is 23.2 Å². The van der Waals surface area contributed by atoms with Crippen LogP contribution in [0, 0.1) is 0 Å². The largest absolute Gasteiger partial charge is 0.336 e. The van der Waals surface area contributed by atoms with Crippen molar-refractivity contribution in [3.63, 3.8) is 0 Å². The molecule has 1 amide bonds. The van der Waals surface area contributed by atoms with Crippen molar-refractivity contribution >= 4 is 17.5 Å². The normalized spacial score (nSPS) is 24.1. The standard InChI is InChI=1S/C13H17ClN4O/c14-12-8-15-11(7-16-12)13(19)18-6-3-10(9-18)17-4-1-2-5-17/h7-8,10H,1-6,9H2. The molecule has 1 unspecified atom stereocenters. The van der Waals surface area contributed by atoms with Crippen LogP contribution in [0.25, 0.3) is 0 Å². The molecule has 102 valence electrons. The van der Waals surface area contributed by atoms with Crippen molar-refractivity contribution < 1.29 is 4.79 Å². The Balaban J connectivity index is 1.63. The SMILES string of the molecule is O=C(c1cnc(Cl)cn1)N1CCC(N2CCCC2)C1. The summed E-state index contributed by atoms with van der Waals surface area (Å²) >= 11 is 5.68. The van der Waals surface area contributed by atoms with E-state index in [4.69, 9.17) is 11.6 Å². The summed E-state index contributed by atoms with van der Waals surface area (Å²) in [5, 5.41) is 0.313. The lowest BCUT2D eigenvalue weighted by atomic mass is 10.2. The Morgan fingerprint density at radius 3 is 2.68 bits per heavy atom. The molecular formula is C13H17ClN4O. The van der Waals surface area contributed by atoms with Gasteiger partial charge in [-0.3, -0.25) is 9.69 Å². The number of hydrogen-bond acceptors (Lipinski definition) is 4. The summed E-state index contributed by atoms with van der Waals surface area (Å²) in [5.74, 6) is -0.0362. The van der Waals surface area contributed by atoms with Gasteiger partial charge < -0.3 is 4.90 Å². The smallest absolute Gasteiger partial charge is 0.274 e. The first kappa shape index (κ1) is 12.8. The second-order valence-electron chi connectivity index (χ2n) is 5.16. The number of aromatic nitrogens is 2. The molecule has 0 saturated carbocycles. The molecule has 19 heavy (non-hydrogen) atoms. The molecule has 6 heteroatoms. The predicted molar refractivity (Wildman–Crippen MR) is 72.2 cm³/mol. The molecule has 0 radical (unpaired) electrons. The zero-order valence-corrected chi connectivity index (χ0v) is 11.5. The minimum absolute atomic E-state index is 0.0362. The van der Waals surface area contributed by atoms with E-state index in [0.717, 1.165) is 19.5 Å². The molecule has 2 aliphatic heterocycles. The molecule has 3 heterocycles. The summed E-state index contributed by atoms with van der Waals surface area (Å²) in [7, 11) is 0. The lowest BCUT2D eigenvalue weighted by Crippen LogP contribution is -2.37. The molecule has 0 N–H and O–H groups in total. The van der Waals surface area contributed by atoms with Crippen molar-refractivity contribution in [3.8, 4) is 0 Å². The first-order chi connectivity index (χ1) is 9.24. The van der Waals surface area contributed by atoms with Crippen LogP contribution < -0.4 is 0 Å². The fraction of sp³-hybridized carbons (Fsp3) is 0.615. The summed E-state index contributed by atoms with van der Waals surface area (Å²) in [6.07, 6.45) is 6.50. The maximum absolute atomic E-state index is 12.3. The highest BCUT2D eigenvalue weighted by atomic mass is 35.5. The molecule has 2 aliphatic rings. The molecule has 1 atom stereocenters. The van der Waals surface area contributed by atoms with E-state index in [1.54, 1.807) is 0 Å². The van der Waals surface area contributed by atoms with Gasteiger partial charge in [0.1, 0.15) is 10.8 Å². The first-order valence-electron chi connectivity index (χ1n) is 6.75. The van der Waals surface area contributed by atoms with Crippen LogP contribution in [0.15, 0.2) is 12.4 Å². The fourth-order valence-corrected chi connectivity index (χ4v) is 3.01. The third kappa shape index (κ3) is 2.72. The summed E-state index contributed by atoms with van der Waals surface area (Å²) in [6, 6.07) is 0.520. The van der Waals surface area contributed by atoms with Crippen LogP contribution in [0.5, 0.6) is 0 Å². The number of carbonyl (C=O) groups is 1. The molecule has 3 rings (SSSR count). The van der Waals surface area contributed by atoms with Crippen LogP contribution in [0.2, 0.25) is 5.15 Å². The average molecular weight is 281 g/mol. The highest BCUT2D eigenvalue weighted by molar-refractivity contribution is 6.29. The van der Waals surface area contributed by atoms with Crippen LogP contribution in [-0.4, -0.2) is 57.9 Å². The molecule has 2 fully saturated rings. The molecule has 2 saturated heterocycles. The van der Waals surface area contributed by atoms with Crippen molar-refractivity contribution in [2.24, 2.45) is 0 Å². The van der Waals surface area contributed by atoms with Gasteiger partial charge >= 0.3 is 0 Å². The Hall–Kier alpha value is -1.20. The Labute approximate surface area is 117 Å². The maximum Gasteiger partial charge on any atom is 0.274 e. The Kier molecular flexibility index (Phi) is 3.66. The van der Waals surface area contributed by atoms with E-state index in [2.05, 4.69) is 14.9 Å². The number of hydrogen-bond donors (Lipinski definition) is 0. The monoisotopic (exact) mass is 280 g/mol. The first-order valence-corrected chi connectivity index (χ1v) is 7.13. The van der Waals surface area contributed by atoms with Gasteiger partial charge in [0.05, 0.1) is 12.4 Å². The molecule has 0 aromatic carbocycles. The van der Waals surface area contributed by atoms with Gasteiger partial charge in [0, 0.05) is 19.1 Å². The lowest BCUT2D eigenvalue weighted by Gasteiger charge is -2.23. The summed E-state index contributed by atoms with van der Waals surface area (Å²) < 4.78 is 0. The van der Waals surface area contributed by atoms with Crippen LogP contribution in [0.1, 0.15) is 29.8 Å². The van der Waals surface area contributed by atoms with E-state index in [0.29, 0.717) is 16.9 Å². The minimum Gasteiger partial charge on any atom is -0.336 e. The van der Waals surface area contributed by atoms with Crippen LogP contribution in [0.4, 0.5) is 0 Å². The zero-order chi connectivity index (χ0) is 13.2. The van der Waals surface area contributed by atoms with Crippen LogP contribution in [-0.2, 0) is 0 Å². The predicted octanol–water partition coefficient (Wildman–Crippen LogP) is 1.44. The number of amides is 1. The fourth-order valence-electron chi connectivity index (χ4n) is 2.92. The maximum atomic E-state index is 12.3. The average Bonchev–Trinajstić information content (AvgIpc) is 3.10. The van der Waals surface area contributed by atoms with Crippen molar-refractivity contribution in [2.75, 3.05) is 26.2 Å². The van der Waals surface area contributed by atoms with E-state index in [9.17, 15) is 4.79 Å². The molecule has 0 spiro atoms. The Morgan fingerprint density at radius 1 is 1.21 bits per heavy atom. The summed E-state index contributed by atoms with van der Waals surface area (Å²) in [6.45, 7) is 3.97. The van der Waals surface area contributed by atoms with Gasteiger partial charge in [0.2, 0.25) is 0 Å². The van der Waals surface area contributed by atoms with Crippen molar-refractivity contribution in [2.45, 2.75) is 25.3 Å².